The van der Waals surface area contributed by atoms with Crippen LogP contribution in [-0.2, 0) is 4.79 Å². The number of carbonyl (C=O) groups excluding carboxylic acids is 1. The van der Waals surface area contributed by atoms with Gasteiger partial charge in [-0.25, -0.2) is 0 Å². The maximum absolute atomic E-state index is 12.4. The highest BCUT2D eigenvalue weighted by molar-refractivity contribution is 5.76. The number of carbonyl (C=O) groups is 1. The van der Waals surface area contributed by atoms with Gasteiger partial charge in [-0.3, -0.25) is 4.79 Å². The Kier molecular flexibility index (Phi) is 21.9. The van der Waals surface area contributed by atoms with Crippen LogP contribution >= 0.6 is 0 Å². The lowest BCUT2D eigenvalue weighted by molar-refractivity contribution is -0.131. The number of allylic oxidation sites excluding steroid dienone is 2. The van der Waals surface area contributed by atoms with Gasteiger partial charge in [0.15, 0.2) is 0 Å². The van der Waals surface area contributed by atoms with Gasteiger partial charge in [-0.2, -0.15) is 0 Å². The van der Waals surface area contributed by atoms with Crippen LogP contribution in [0, 0.1) is 0 Å². The lowest BCUT2D eigenvalue weighted by atomic mass is 10.1. The zero-order chi connectivity index (χ0) is 20.7. The topological polar surface area (TPSA) is 20.3 Å². The number of hydrogen-bond acceptors (Lipinski definition) is 1. The second-order valence-electron chi connectivity index (χ2n) is 8.42. The van der Waals surface area contributed by atoms with E-state index in [4.69, 9.17) is 0 Å². The van der Waals surface area contributed by atoms with E-state index in [9.17, 15) is 4.79 Å². The van der Waals surface area contributed by atoms with Crippen molar-refractivity contribution in [2.75, 3.05) is 13.1 Å². The Morgan fingerprint density at radius 1 is 0.571 bits per heavy atom. The van der Waals surface area contributed by atoms with Crippen LogP contribution in [0.3, 0.4) is 0 Å². The van der Waals surface area contributed by atoms with E-state index in [1.807, 2.05) is 0 Å². The first-order chi connectivity index (χ1) is 13.8. The summed E-state index contributed by atoms with van der Waals surface area (Å²) in [7, 11) is 0. The molecule has 2 nitrogen and oxygen atoms in total. The van der Waals surface area contributed by atoms with E-state index in [1.165, 1.54) is 89.9 Å². The molecule has 166 valence electrons. The fourth-order valence-electron chi connectivity index (χ4n) is 3.56. The third kappa shape index (κ3) is 18.6. The summed E-state index contributed by atoms with van der Waals surface area (Å²) in [6.07, 6.45) is 27.2. The van der Waals surface area contributed by atoms with Gasteiger partial charge in [0, 0.05) is 19.5 Å². The molecule has 0 fully saturated rings. The lowest BCUT2D eigenvalue weighted by Crippen LogP contribution is -2.32. The number of rotatable bonds is 21. The normalized spacial score (nSPS) is 11.4. The van der Waals surface area contributed by atoms with Crippen molar-refractivity contribution in [1.82, 2.24) is 4.90 Å². The summed E-state index contributed by atoms with van der Waals surface area (Å²) in [5.74, 6) is 0.388. The van der Waals surface area contributed by atoms with E-state index in [2.05, 4.69) is 37.8 Å². The van der Waals surface area contributed by atoms with Crippen LogP contribution in [0.4, 0.5) is 0 Å². The van der Waals surface area contributed by atoms with Crippen molar-refractivity contribution >= 4 is 5.91 Å². The second-order valence-corrected chi connectivity index (χ2v) is 8.42. The lowest BCUT2D eigenvalue weighted by Gasteiger charge is -2.22. The van der Waals surface area contributed by atoms with Crippen LogP contribution in [0.2, 0.25) is 0 Å². The van der Waals surface area contributed by atoms with Gasteiger partial charge in [0.1, 0.15) is 0 Å². The molecule has 0 radical (unpaired) electrons. The van der Waals surface area contributed by atoms with Crippen LogP contribution in [0.1, 0.15) is 136 Å². The van der Waals surface area contributed by atoms with E-state index >= 15 is 0 Å². The third-order valence-electron chi connectivity index (χ3n) is 5.57. The van der Waals surface area contributed by atoms with Crippen molar-refractivity contribution in [2.24, 2.45) is 0 Å². The van der Waals surface area contributed by atoms with E-state index in [0.717, 1.165) is 38.8 Å². The molecule has 0 heterocycles. The Bertz CT molecular complexity index is 342. The molecule has 0 aliphatic carbocycles. The Balaban J connectivity index is 3.51. The van der Waals surface area contributed by atoms with Gasteiger partial charge in [-0.15, -0.1) is 0 Å². The molecule has 0 N–H and O–H groups in total. The van der Waals surface area contributed by atoms with Gasteiger partial charge in [-0.05, 0) is 44.9 Å². The zero-order valence-corrected chi connectivity index (χ0v) is 19.7. The molecule has 0 aliphatic rings. The molecular weight excluding hydrogens is 342 g/mol. The maximum Gasteiger partial charge on any atom is 0.222 e. The van der Waals surface area contributed by atoms with Crippen molar-refractivity contribution in [3.8, 4) is 0 Å². The smallest absolute Gasteiger partial charge is 0.222 e. The van der Waals surface area contributed by atoms with Crippen molar-refractivity contribution in [1.29, 1.82) is 0 Å². The molecule has 0 saturated heterocycles. The predicted octanol–water partition coefficient (Wildman–Crippen LogP) is 8.45. The molecule has 28 heavy (non-hydrogen) atoms. The Morgan fingerprint density at radius 3 is 1.50 bits per heavy atom. The van der Waals surface area contributed by atoms with Crippen molar-refractivity contribution in [3.63, 3.8) is 0 Å². The van der Waals surface area contributed by atoms with E-state index in [-0.39, 0.29) is 0 Å². The first kappa shape index (κ1) is 27.2. The predicted molar refractivity (Wildman–Crippen MR) is 126 cm³/mol. The van der Waals surface area contributed by atoms with E-state index in [0.29, 0.717) is 5.91 Å². The number of hydrogen-bond donors (Lipinski definition) is 0. The molecular formula is C26H51NO. The molecule has 0 spiro atoms. The monoisotopic (exact) mass is 393 g/mol. The van der Waals surface area contributed by atoms with Crippen LogP contribution in [0.25, 0.3) is 0 Å². The van der Waals surface area contributed by atoms with Gasteiger partial charge in [0.05, 0.1) is 0 Å². The van der Waals surface area contributed by atoms with Gasteiger partial charge >= 0.3 is 0 Å². The maximum atomic E-state index is 12.4. The number of unbranched alkanes of at least 4 members (excludes halogenated alkanes) is 13. The highest BCUT2D eigenvalue weighted by Gasteiger charge is 2.11. The largest absolute Gasteiger partial charge is 0.343 e. The highest BCUT2D eigenvalue weighted by Crippen LogP contribution is 2.11. The molecule has 0 bridgehead atoms. The molecule has 0 rings (SSSR count). The molecule has 0 aliphatic heterocycles. The Morgan fingerprint density at radius 2 is 1.00 bits per heavy atom. The van der Waals surface area contributed by atoms with Gasteiger partial charge in [0.25, 0.3) is 0 Å². The quantitative estimate of drug-likeness (QED) is 0.141. The molecule has 0 unspecified atom stereocenters. The summed E-state index contributed by atoms with van der Waals surface area (Å²) < 4.78 is 0. The summed E-state index contributed by atoms with van der Waals surface area (Å²) in [4.78, 5) is 14.5. The number of nitrogens with zero attached hydrogens (tertiary/aromatic N) is 1. The minimum atomic E-state index is 0.388. The van der Waals surface area contributed by atoms with E-state index < -0.39 is 0 Å². The van der Waals surface area contributed by atoms with Crippen molar-refractivity contribution in [3.05, 3.63) is 12.2 Å². The van der Waals surface area contributed by atoms with Crippen molar-refractivity contribution < 1.29 is 4.79 Å². The van der Waals surface area contributed by atoms with Gasteiger partial charge in [-0.1, -0.05) is 97.1 Å². The van der Waals surface area contributed by atoms with E-state index in [1.54, 1.807) is 0 Å². The van der Waals surface area contributed by atoms with Gasteiger partial charge < -0.3 is 4.90 Å². The summed E-state index contributed by atoms with van der Waals surface area (Å²) in [5.41, 5.74) is 0. The standard InChI is InChI=1S/C26H51NO/c1-4-7-10-11-12-13-14-15-16-17-18-19-20-21-22-23-26(28)27(24-8-5-2)25-9-6-3/h15-16H,4-14,17-25H2,1-3H3/b16-15+. The van der Waals surface area contributed by atoms with Crippen LogP contribution in [0.15, 0.2) is 12.2 Å². The first-order valence-electron chi connectivity index (χ1n) is 12.7. The third-order valence-corrected chi connectivity index (χ3v) is 5.57. The summed E-state index contributed by atoms with van der Waals surface area (Å²) in [6.45, 7) is 8.60. The molecule has 0 aromatic rings. The average Bonchev–Trinajstić information content (AvgIpc) is 2.70. The average molecular weight is 394 g/mol. The SMILES string of the molecule is CCCCCCCC/C=C/CCCCCCCC(=O)N(CCCC)CCCC. The summed E-state index contributed by atoms with van der Waals surface area (Å²) >= 11 is 0. The minimum Gasteiger partial charge on any atom is -0.343 e. The fourth-order valence-corrected chi connectivity index (χ4v) is 3.56. The van der Waals surface area contributed by atoms with Crippen LogP contribution in [-0.4, -0.2) is 23.9 Å². The fraction of sp³-hybridized carbons (Fsp3) is 0.885. The molecule has 0 saturated carbocycles. The van der Waals surface area contributed by atoms with Crippen LogP contribution < -0.4 is 0 Å². The van der Waals surface area contributed by atoms with Crippen LogP contribution in [0.5, 0.6) is 0 Å². The Labute approximate surface area is 177 Å². The zero-order valence-electron chi connectivity index (χ0n) is 19.7. The molecule has 0 atom stereocenters. The first-order valence-corrected chi connectivity index (χ1v) is 12.7. The molecule has 2 heteroatoms. The number of amides is 1. The molecule has 0 aromatic carbocycles. The summed E-state index contributed by atoms with van der Waals surface area (Å²) in [6, 6.07) is 0. The second kappa shape index (κ2) is 22.5. The Hall–Kier alpha value is -0.790. The summed E-state index contributed by atoms with van der Waals surface area (Å²) in [5, 5.41) is 0. The minimum absolute atomic E-state index is 0.388. The molecule has 1 amide bonds. The molecule has 0 aromatic heterocycles. The van der Waals surface area contributed by atoms with Gasteiger partial charge in [0.2, 0.25) is 5.91 Å². The highest BCUT2D eigenvalue weighted by atomic mass is 16.2. The van der Waals surface area contributed by atoms with Crippen molar-refractivity contribution in [2.45, 2.75) is 136 Å².